The highest BCUT2D eigenvalue weighted by Gasteiger charge is 2.22. The van der Waals surface area contributed by atoms with E-state index in [-0.39, 0.29) is 5.91 Å². The molecule has 148 valence electrons. The van der Waals surface area contributed by atoms with Crippen LogP contribution in [-0.4, -0.2) is 44.9 Å². The molecule has 28 heavy (non-hydrogen) atoms. The van der Waals surface area contributed by atoms with Gasteiger partial charge in [0.2, 0.25) is 0 Å². The summed E-state index contributed by atoms with van der Waals surface area (Å²) in [5.41, 5.74) is 6.42. The van der Waals surface area contributed by atoms with Gasteiger partial charge in [0.05, 0.1) is 39.0 Å². The minimum Gasteiger partial charge on any atom is -0.495 e. The molecule has 0 aliphatic carbocycles. The van der Waals surface area contributed by atoms with Gasteiger partial charge in [0.15, 0.2) is 0 Å². The summed E-state index contributed by atoms with van der Waals surface area (Å²) in [4.78, 5) is 16.0. The molecular weight excluding hydrogens is 352 g/mol. The predicted molar refractivity (Wildman–Crippen MR) is 112 cm³/mol. The number of hydrogen-bond donors (Lipinski definition) is 2. The molecule has 1 aliphatic heterocycles. The summed E-state index contributed by atoms with van der Waals surface area (Å²) in [7, 11) is 1.72. The number of anilines is 1. The van der Waals surface area contributed by atoms with E-state index in [9.17, 15) is 4.79 Å². The van der Waals surface area contributed by atoms with Crippen molar-refractivity contribution in [2.45, 2.75) is 20.4 Å². The van der Waals surface area contributed by atoms with E-state index >= 15 is 0 Å². The quantitative estimate of drug-likeness (QED) is 0.592. The lowest BCUT2D eigenvalue weighted by Gasteiger charge is -2.34. The molecule has 6 nitrogen and oxygen atoms in total. The molecule has 0 atom stereocenters. The van der Waals surface area contributed by atoms with Gasteiger partial charge in [0, 0.05) is 16.8 Å². The van der Waals surface area contributed by atoms with Crippen molar-refractivity contribution in [3.8, 4) is 5.75 Å². The molecule has 2 N–H and O–H groups in total. The molecule has 2 aromatic carbocycles. The van der Waals surface area contributed by atoms with Crippen molar-refractivity contribution in [3.63, 3.8) is 0 Å². The Morgan fingerprint density at radius 2 is 1.79 bits per heavy atom. The molecule has 3 rings (SSSR count). The number of rotatable bonds is 6. The molecule has 2 aromatic rings. The molecule has 6 heteroatoms. The van der Waals surface area contributed by atoms with Gasteiger partial charge in [-0.1, -0.05) is 24.3 Å². The Morgan fingerprint density at radius 3 is 2.43 bits per heavy atom. The number of para-hydroxylation sites is 2. The lowest BCUT2D eigenvalue weighted by atomic mass is 10.1. The maximum absolute atomic E-state index is 12.0. The number of carbonyl (C=O) groups is 1. The average molecular weight is 382 g/mol. The van der Waals surface area contributed by atoms with Crippen LogP contribution < -0.4 is 20.0 Å². The van der Waals surface area contributed by atoms with E-state index in [2.05, 4.69) is 27.6 Å². The van der Waals surface area contributed by atoms with E-state index in [1.54, 1.807) is 12.0 Å². The van der Waals surface area contributed by atoms with Gasteiger partial charge in [-0.25, -0.2) is 5.43 Å². The fourth-order valence-electron chi connectivity index (χ4n) is 3.42. The zero-order valence-corrected chi connectivity index (χ0v) is 16.9. The molecule has 1 aliphatic rings. The summed E-state index contributed by atoms with van der Waals surface area (Å²) in [6, 6.07) is 16.0. The molecule has 0 aromatic heterocycles. The maximum atomic E-state index is 12.0. The van der Waals surface area contributed by atoms with Gasteiger partial charge in [0.25, 0.3) is 5.91 Å². The fraction of sp³-hybridized carbons (Fsp3) is 0.364. The predicted octanol–water partition coefficient (Wildman–Crippen LogP) is 1.73. The minimum absolute atomic E-state index is 0.175. The fourth-order valence-corrected chi connectivity index (χ4v) is 3.42. The Hall–Kier alpha value is -2.86. The van der Waals surface area contributed by atoms with Crippen LogP contribution in [0.3, 0.4) is 0 Å². The van der Waals surface area contributed by atoms with E-state index in [0.29, 0.717) is 5.56 Å². The largest absolute Gasteiger partial charge is 0.495 e. The van der Waals surface area contributed by atoms with Crippen molar-refractivity contribution in [2.24, 2.45) is 5.10 Å². The third-order valence-electron chi connectivity index (χ3n) is 4.95. The molecule has 0 radical (unpaired) electrons. The van der Waals surface area contributed by atoms with Crippen LogP contribution in [0.5, 0.6) is 5.75 Å². The second kappa shape index (κ2) is 9.37. The first-order chi connectivity index (χ1) is 13.6. The normalized spacial score (nSPS) is 14.5. The number of nitrogens with zero attached hydrogens (tertiary/aromatic N) is 2. The first-order valence-corrected chi connectivity index (χ1v) is 9.68. The lowest BCUT2D eigenvalue weighted by Crippen LogP contribution is -3.13. The van der Waals surface area contributed by atoms with Crippen LogP contribution in [0.2, 0.25) is 0 Å². The number of amides is 1. The number of hydrazone groups is 1. The third-order valence-corrected chi connectivity index (χ3v) is 4.95. The van der Waals surface area contributed by atoms with Crippen molar-refractivity contribution in [3.05, 3.63) is 59.7 Å². The number of nitrogens with one attached hydrogen (secondary N) is 2. The lowest BCUT2D eigenvalue weighted by molar-refractivity contribution is -0.914. The molecule has 1 saturated heterocycles. The monoisotopic (exact) mass is 381 g/mol. The van der Waals surface area contributed by atoms with Crippen molar-refractivity contribution in [2.75, 3.05) is 38.2 Å². The standard InChI is InChI=1S/C22H28N4O2/c1-17(2)23-24-22(27)19-10-8-18(9-11-19)16-25-12-14-26(15-13-25)20-6-4-5-7-21(20)28-3/h4-11H,12-16H2,1-3H3,(H,24,27)/p+1. The van der Waals surface area contributed by atoms with Crippen LogP contribution in [0.15, 0.2) is 53.6 Å². The van der Waals surface area contributed by atoms with Gasteiger partial charge in [0.1, 0.15) is 12.3 Å². The average Bonchev–Trinajstić information content (AvgIpc) is 2.73. The van der Waals surface area contributed by atoms with Gasteiger partial charge >= 0.3 is 0 Å². The van der Waals surface area contributed by atoms with Crippen molar-refractivity contribution >= 4 is 17.3 Å². The number of hydrogen-bond acceptors (Lipinski definition) is 4. The highest BCUT2D eigenvalue weighted by atomic mass is 16.5. The number of quaternary nitrogens is 1. The summed E-state index contributed by atoms with van der Waals surface area (Å²) >= 11 is 0. The summed E-state index contributed by atoms with van der Waals surface area (Å²) < 4.78 is 5.49. The van der Waals surface area contributed by atoms with Crippen LogP contribution in [0.4, 0.5) is 5.69 Å². The third kappa shape index (κ3) is 5.10. The first-order valence-electron chi connectivity index (χ1n) is 9.68. The number of methoxy groups -OCH3 is 1. The first kappa shape index (κ1) is 19.9. The Labute approximate surface area is 166 Å². The minimum atomic E-state index is -0.175. The molecule has 1 amide bonds. The molecule has 1 fully saturated rings. The smallest absolute Gasteiger partial charge is 0.271 e. The highest BCUT2D eigenvalue weighted by Crippen LogP contribution is 2.27. The van der Waals surface area contributed by atoms with E-state index in [1.165, 1.54) is 11.3 Å². The van der Waals surface area contributed by atoms with Gasteiger partial charge < -0.3 is 14.5 Å². The zero-order chi connectivity index (χ0) is 19.9. The SMILES string of the molecule is COc1ccccc1N1CC[NH+](Cc2ccc(C(=O)NN=C(C)C)cc2)CC1. The van der Waals surface area contributed by atoms with Gasteiger partial charge in [-0.15, -0.1) is 0 Å². The molecular formula is C22H29N4O2+. The highest BCUT2D eigenvalue weighted by molar-refractivity contribution is 5.95. The van der Waals surface area contributed by atoms with Crippen molar-refractivity contribution in [1.29, 1.82) is 0 Å². The summed E-state index contributed by atoms with van der Waals surface area (Å²) in [6.45, 7) is 8.82. The Morgan fingerprint density at radius 1 is 1.11 bits per heavy atom. The Kier molecular flexibility index (Phi) is 6.66. The van der Waals surface area contributed by atoms with Gasteiger partial charge in [-0.05, 0) is 38.1 Å². The Balaban J connectivity index is 1.53. The van der Waals surface area contributed by atoms with Crippen molar-refractivity contribution in [1.82, 2.24) is 5.43 Å². The van der Waals surface area contributed by atoms with E-state index in [1.807, 2.05) is 50.2 Å². The van der Waals surface area contributed by atoms with Crippen LogP contribution in [-0.2, 0) is 6.54 Å². The number of ether oxygens (including phenoxy) is 1. The number of benzene rings is 2. The van der Waals surface area contributed by atoms with Gasteiger partial charge in [-0.2, -0.15) is 5.10 Å². The van der Waals surface area contributed by atoms with Crippen LogP contribution in [0.25, 0.3) is 0 Å². The van der Waals surface area contributed by atoms with Crippen LogP contribution in [0, 0.1) is 0 Å². The number of carbonyl (C=O) groups excluding carboxylic acids is 1. The van der Waals surface area contributed by atoms with E-state index in [4.69, 9.17) is 4.74 Å². The van der Waals surface area contributed by atoms with Crippen LogP contribution in [0.1, 0.15) is 29.8 Å². The number of piperazine rings is 1. The van der Waals surface area contributed by atoms with E-state index < -0.39 is 0 Å². The van der Waals surface area contributed by atoms with Gasteiger partial charge in [-0.3, -0.25) is 4.79 Å². The molecule has 0 spiro atoms. The molecule has 0 bridgehead atoms. The molecule has 0 saturated carbocycles. The second-order valence-electron chi connectivity index (χ2n) is 7.28. The zero-order valence-electron chi connectivity index (χ0n) is 16.9. The summed E-state index contributed by atoms with van der Waals surface area (Å²) in [5.74, 6) is 0.757. The second-order valence-corrected chi connectivity index (χ2v) is 7.28. The topological polar surface area (TPSA) is 58.4 Å². The summed E-state index contributed by atoms with van der Waals surface area (Å²) in [5, 5.41) is 3.96. The Bertz CT molecular complexity index is 821. The summed E-state index contributed by atoms with van der Waals surface area (Å²) in [6.07, 6.45) is 0. The van der Waals surface area contributed by atoms with Crippen molar-refractivity contribution < 1.29 is 14.4 Å². The molecule has 0 unspecified atom stereocenters. The van der Waals surface area contributed by atoms with Crippen LogP contribution >= 0.6 is 0 Å². The van der Waals surface area contributed by atoms with E-state index in [0.717, 1.165) is 44.2 Å². The molecule has 1 heterocycles. The maximum Gasteiger partial charge on any atom is 0.271 e.